The number of hydrogen-bond acceptors (Lipinski definition) is 4. The molecule has 3 rings (SSSR count). The van der Waals surface area contributed by atoms with Crippen LogP contribution in [0.15, 0.2) is 30.3 Å². The minimum atomic E-state index is -0.489. The molecule has 0 radical (unpaired) electrons. The average molecular weight is 316 g/mol. The van der Waals surface area contributed by atoms with E-state index in [9.17, 15) is 14.4 Å². The van der Waals surface area contributed by atoms with Gasteiger partial charge >= 0.3 is 6.03 Å². The second kappa shape index (κ2) is 6.37. The van der Waals surface area contributed by atoms with Crippen LogP contribution in [0.3, 0.4) is 0 Å². The maximum atomic E-state index is 12.5. The van der Waals surface area contributed by atoms with Gasteiger partial charge in [0.05, 0.1) is 12.6 Å². The molecule has 23 heavy (non-hydrogen) atoms. The van der Waals surface area contributed by atoms with E-state index in [1.54, 1.807) is 4.90 Å². The van der Waals surface area contributed by atoms with Crippen molar-refractivity contribution < 1.29 is 14.4 Å². The third-order valence-corrected chi connectivity index (χ3v) is 4.42. The number of nitrogens with one attached hydrogen (secondary N) is 1. The fraction of sp³-hybridized carbons (Fsp3) is 0.438. The number of rotatable bonds is 3. The monoisotopic (exact) mass is 316 g/mol. The van der Waals surface area contributed by atoms with Gasteiger partial charge in [-0.2, -0.15) is 0 Å². The first-order chi connectivity index (χ1) is 11.1. The minimum Gasteiger partial charge on any atom is -0.338 e. The first kappa shape index (κ1) is 15.5. The van der Waals surface area contributed by atoms with E-state index in [-0.39, 0.29) is 30.9 Å². The van der Waals surface area contributed by atoms with E-state index in [0.717, 1.165) is 17.0 Å². The summed E-state index contributed by atoms with van der Waals surface area (Å²) in [4.78, 5) is 40.6. The number of urea groups is 1. The number of nitrogens with zero attached hydrogens (tertiary/aromatic N) is 3. The number of benzene rings is 1. The van der Waals surface area contributed by atoms with Gasteiger partial charge < -0.3 is 10.2 Å². The van der Waals surface area contributed by atoms with Crippen molar-refractivity contribution in [3.8, 4) is 0 Å². The lowest BCUT2D eigenvalue weighted by atomic mass is 10.0. The number of amides is 4. The summed E-state index contributed by atoms with van der Waals surface area (Å²) in [6, 6.07) is 9.66. The number of likely N-dealkylation sites (N-methyl/N-ethyl adjacent to an activating group) is 1. The summed E-state index contributed by atoms with van der Waals surface area (Å²) in [6.07, 6.45) is 0. The van der Waals surface area contributed by atoms with Crippen LogP contribution < -0.4 is 5.32 Å². The first-order valence-electron chi connectivity index (χ1n) is 7.67. The Morgan fingerprint density at radius 1 is 1.22 bits per heavy atom. The Morgan fingerprint density at radius 2 is 1.96 bits per heavy atom. The summed E-state index contributed by atoms with van der Waals surface area (Å²) in [6.45, 7) is 1.70. The van der Waals surface area contributed by atoms with Crippen LogP contribution in [0, 0.1) is 0 Å². The van der Waals surface area contributed by atoms with Crippen LogP contribution in [0.4, 0.5) is 4.79 Å². The van der Waals surface area contributed by atoms with E-state index in [2.05, 4.69) is 10.2 Å². The Balaban J connectivity index is 1.67. The zero-order valence-electron chi connectivity index (χ0n) is 13.1. The van der Waals surface area contributed by atoms with Gasteiger partial charge in [0.25, 0.3) is 5.91 Å². The summed E-state index contributed by atoms with van der Waals surface area (Å²) in [7, 11) is 2.04. The maximum absolute atomic E-state index is 12.5. The molecule has 0 bridgehead atoms. The highest BCUT2D eigenvalue weighted by atomic mass is 16.2. The standard InChI is InChI=1S/C16H20N4O3/c1-18-7-8-19(10-13(18)12-5-3-2-4-6-12)15(22)11-20-14(21)9-17-16(20)23/h2-6,13H,7-11H2,1H3,(H,17,23)/t13-/m1/s1. The SMILES string of the molecule is CN1CCN(C(=O)CN2C(=O)CNC2=O)C[C@@H]1c1ccccc1. The summed E-state index contributed by atoms with van der Waals surface area (Å²) >= 11 is 0. The fourth-order valence-corrected chi connectivity index (χ4v) is 2.99. The summed E-state index contributed by atoms with van der Waals surface area (Å²) in [5.41, 5.74) is 1.16. The predicted octanol–water partition coefficient (Wildman–Crippen LogP) is 0.0535. The molecule has 2 fully saturated rings. The van der Waals surface area contributed by atoms with Gasteiger partial charge in [-0.3, -0.25) is 19.4 Å². The van der Waals surface area contributed by atoms with Crippen LogP contribution in [0.5, 0.6) is 0 Å². The Morgan fingerprint density at radius 3 is 2.61 bits per heavy atom. The minimum absolute atomic E-state index is 0.0263. The first-order valence-corrected chi connectivity index (χ1v) is 7.67. The molecule has 7 nitrogen and oxygen atoms in total. The number of carbonyl (C=O) groups is 3. The van der Waals surface area contributed by atoms with E-state index in [4.69, 9.17) is 0 Å². The number of hydrogen-bond donors (Lipinski definition) is 1. The van der Waals surface area contributed by atoms with Crippen molar-refractivity contribution in [1.29, 1.82) is 0 Å². The average Bonchev–Trinajstić information content (AvgIpc) is 2.88. The van der Waals surface area contributed by atoms with Crippen molar-refractivity contribution in [2.45, 2.75) is 6.04 Å². The normalized spacial score (nSPS) is 22.4. The van der Waals surface area contributed by atoms with Crippen LogP contribution >= 0.6 is 0 Å². The molecular formula is C16H20N4O3. The molecule has 1 atom stereocenters. The number of piperazine rings is 1. The molecule has 1 aromatic carbocycles. The largest absolute Gasteiger partial charge is 0.338 e. The van der Waals surface area contributed by atoms with Gasteiger partial charge in [0.2, 0.25) is 5.91 Å². The van der Waals surface area contributed by atoms with Crippen molar-refractivity contribution in [3.63, 3.8) is 0 Å². The molecule has 0 aliphatic carbocycles. The number of imide groups is 1. The van der Waals surface area contributed by atoms with E-state index in [1.165, 1.54) is 0 Å². The topological polar surface area (TPSA) is 73.0 Å². The lowest BCUT2D eigenvalue weighted by Crippen LogP contribution is -2.52. The third kappa shape index (κ3) is 3.19. The van der Waals surface area contributed by atoms with Crippen molar-refractivity contribution in [3.05, 3.63) is 35.9 Å². The molecule has 7 heteroatoms. The van der Waals surface area contributed by atoms with Gasteiger partial charge in [0, 0.05) is 19.6 Å². The van der Waals surface area contributed by atoms with Gasteiger partial charge in [0.15, 0.2) is 0 Å². The smallest absolute Gasteiger partial charge is 0.325 e. The Bertz CT molecular complexity index is 603. The molecule has 1 N–H and O–H groups in total. The van der Waals surface area contributed by atoms with Crippen molar-refractivity contribution >= 4 is 17.8 Å². The number of carbonyl (C=O) groups excluding carboxylic acids is 3. The molecule has 0 saturated carbocycles. The predicted molar refractivity (Wildman–Crippen MR) is 83.5 cm³/mol. The highest BCUT2D eigenvalue weighted by Crippen LogP contribution is 2.23. The molecule has 2 heterocycles. The molecule has 4 amide bonds. The van der Waals surface area contributed by atoms with Crippen LogP contribution in [0.1, 0.15) is 11.6 Å². The van der Waals surface area contributed by atoms with Crippen molar-refractivity contribution in [1.82, 2.24) is 20.0 Å². The van der Waals surface area contributed by atoms with E-state index in [1.807, 2.05) is 37.4 Å². The van der Waals surface area contributed by atoms with Crippen LogP contribution in [0.25, 0.3) is 0 Å². The molecule has 2 aliphatic heterocycles. The third-order valence-electron chi connectivity index (χ3n) is 4.42. The van der Waals surface area contributed by atoms with E-state index >= 15 is 0 Å². The molecule has 2 aliphatic rings. The second-order valence-corrected chi connectivity index (χ2v) is 5.89. The van der Waals surface area contributed by atoms with Gasteiger partial charge in [-0.1, -0.05) is 30.3 Å². The lowest BCUT2D eigenvalue weighted by Gasteiger charge is -2.40. The maximum Gasteiger partial charge on any atom is 0.325 e. The van der Waals surface area contributed by atoms with Gasteiger partial charge in [-0.05, 0) is 12.6 Å². The van der Waals surface area contributed by atoms with Crippen molar-refractivity contribution in [2.75, 3.05) is 39.8 Å². The highest BCUT2D eigenvalue weighted by Gasteiger charge is 2.34. The summed E-state index contributed by atoms with van der Waals surface area (Å²) in [5, 5.41) is 2.43. The van der Waals surface area contributed by atoms with Crippen LogP contribution in [-0.2, 0) is 9.59 Å². The van der Waals surface area contributed by atoms with E-state index < -0.39 is 6.03 Å². The van der Waals surface area contributed by atoms with Gasteiger partial charge in [-0.15, -0.1) is 0 Å². The summed E-state index contributed by atoms with van der Waals surface area (Å²) in [5.74, 6) is -0.540. The van der Waals surface area contributed by atoms with Gasteiger partial charge in [-0.25, -0.2) is 4.79 Å². The lowest BCUT2D eigenvalue weighted by molar-refractivity contribution is -0.138. The zero-order valence-corrected chi connectivity index (χ0v) is 13.1. The second-order valence-electron chi connectivity index (χ2n) is 5.89. The summed E-state index contributed by atoms with van der Waals surface area (Å²) < 4.78 is 0. The molecule has 122 valence electrons. The zero-order chi connectivity index (χ0) is 16.4. The molecule has 1 aromatic rings. The Hall–Kier alpha value is -2.41. The van der Waals surface area contributed by atoms with Gasteiger partial charge in [0.1, 0.15) is 6.54 Å². The molecule has 0 unspecified atom stereocenters. The molecular weight excluding hydrogens is 296 g/mol. The van der Waals surface area contributed by atoms with Crippen LogP contribution in [0.2, 0.25) is 0 Å². The highest BCUT2D eigenvalue weighted by molar-refractivity contribution is 6.04. The van der Waals surface area contributed by atoms with Crippen molar-refractivity contribution in [2.24, 2.45) is 0 Å². The Kier molecular flexibility index (Phi) is 4.29. The van der Waals surface area contributed by atoms with Crippen LogP contribution in [-0.4, -0.2) is 72.3 Å². The molecule has 2 saturated heterocycles. The Labute approximate surface area is 134 Å². The van der Waals surface area contributed by atoms with E-state index in [0.29, 0.717) is 13.1 Å². The quantitative estimate of drug-likeness (QED) is 0.800. The molecule has 0 aromatic heterocycles. The molecule has 0 spiro atoms. The fourth-order valence-electron chi connectivity index (χ4n) is 2.99.